The van der Waals surface area contributed by atoms with Crippen LogP contribution >= 0.6 is 0 Å². The minimum absolute atomic E-state index is 0.00158. The Balaban J connectivity index is 0.839. The van der Waals surface area contributed by atoms with Crippen LogP contribution in [0, 0.1) is 17.0 Å². The van der Waals surface area contributed by atoms with Crippen LogP contribution < -0.4 is 16.0 Å². The molecule has 17 heteroatoms. The van der Waals surface area contributed by atoms with Gasteiger partial charge in [-0.3, -0.25) is 44.1 Å². The highest BCUT2D eigenvalue weighted by Crippen LogP contribution is 2.33. The summed E-state index contributed by atoms with van der Waals surface area (Å²) < 4.78 is 36.1. The van der Waals surface area contributed by atoms with Crippen molar-refractivity contribution in [2.24, 2.45) is 0 Å². The third-order valence-electron chi connectivity index (χ3n) is 11.6. The van der Waals surface area contributed by atoms with E-state index in [0.29, 0.717) is 104 Å². The molecule has 4 aromatic rings. The number of aromatic nitrogens is 2. The number of piperidine rings is 2. The number of nitrogens with zero attached hydrogens (tertiary/aromatic N) is 5. The van der Waals surface area contributed by atoms with Crippen molar-refractivity contribution in [3.05, 3.63) is 94.9 Å². The fraction of sp³-hybridized carbons (Fsp3) is 0.364. The zero-order valence-electron chi connectivity index (χ0n) is 33.3. The van der Waals surface area contributed by atoms with E-state index in [1.54, 1.807) is 42.7 Å². The van der Waals surface area contributed by atoms with E-state index in [2.05, 4.69) is 20.9 Å². The second-order valence-corrected chi connectivity index (χ2v) is 15.5. The Labute approximate surface area is 350 Å². The van der Waals surface area contributed by atoms with E-state index in [0.717, 1.165) is 4.90 Å². The number of likely N-dealkylation sites (tertiary alicyclic amines) is 1. The van der Waals surface area contributed by atoms with Crippen molar-refractivity contribution in [1.29, 1.82) is 5.41 Å². The molecular weight excluding hydrogens is 789 g/mol. The quantitative estimate of drug-likeness (QED) is 0.0856. The Morgan fingerprint density at radius 1 is 0.951 bits per heavy atom. The molecule has 5 heterocycles. The first-order valence-corrected chi connectivity index (χ1v) is 20.5. The number of carbonyl (C=O) groups excluding carboxylic acids is 5. The lowest BCUT2D eigenvalue weighted by Crippen LogP contribution is -2.54. The number of hydrogen-bond acceptors (Lipinski definition) is 12. The monoisotopic (exact) mass is 833 g/mol. The van der Waals surface area contributed by atoms with Gasteiger partial charge < -0.3 is 25.7 Å². The van der Waals surface area contributed by atoms with Crippen molar-refractivity contribution in [2.45, 2.75) is 57.2 Å². The summed E-state index contributed by atoms with van der Waals surface area (Å²) in [7, 11) is 0. The van der Waals surface area contributed by atoms with Crippen LogP contribution in [0.4, 0.5) is 14.5 Å². The van der Waals surface area contributed by atoms with Gasteiger partial charge in [0.1, 0.15) is 17.7 Å². The maximum absolute atomic E-state index is 15.4. The van der Waals surface area contributed by atoms with E-state index in [1.807, 2.05) is 9.80 Å². The average Bonchev–Trinajstić information content (AvgIpc) is 3.52. The molecule has 0 bridgehead atoms. The van der Waals surface area contributed by atoms with Crippen molar-refractivity contribution in [3.8, 4) is 11.1 Å². The zero-order valence-corrected chi connectivity index (χ0v) is 33.3. The van der Waals surface area contributed by atoms with Crippen LogP contribution in [0.3, 0.4) is 0 Å². The van der Waals surface area contributed by atoms with E-state index in [9.17, 15) is 24.0 Å². The first kappa shape index (κ1) is 41.3. The maximum atomic E-state index is 15.4. The van der Waals surface area contributed by atoms with Gasteiger partial charge in [0.2, 0.25) is 17.7 Å². The van der Waals surface area contributed by atoms with E-state index in [-0.39, 0.29) is 54.4 Å². The molecule has 15 nitrogen and oxygen atoms in total. The van der Waals surface area contributed by atoms with Crippen molar-refractivity contribution >= 4 is 58.0 Å². The second kappa shape index (κ2) is 18.0. The zero-order chi connectivity index (χ0) is 42.6. The van der Waals surface area contributed by atoms with Crippen molar-refractivity contribution in [2.75, 3.05) is 51.3 Å². The fourth-order valence-electron chi connectivity index (χ4n) is 8.27. The molecule has 1 aromatic heterocycles. The van der Waals surface area contributed by atoms with Gasteiger partial charge in [0.05, 0.1) is 47.3 Å². The summed E-state index contributed by atoms with van der Waals surface area (Å²) in [6, 6.07) is 11.8. The highest BCUT2D eigenvalue weighted by molar-refractivity contribution is 6.25. The Hall–Kier alpha value is -6.46. The predicted molar refractivity (Wildman–Crippen MR) is 221 cm³/mol. The number of fused-ring (bicyclic) bond motifs is 2. The molecular formula is C44H45F2N9O6. The summed E-state index contributed by atoms with van der Waals surface area (Å²) in [5.41, 5.74) is 3.52. The van der Waals surface area contributed by atoms with Gasteiger partial charge in [-0.25, -0.2) is 13.8 Å². The molecule has 3 aromatic carbocycles. The lowest BCUT2D eigenvalue weighted by molar-refractivity contribution is -0.136. The van der Waals surface area contributed by atoms with Crippen LogP contribution in [0.5, 0.6) is 0 Å². The number of allylic oxidation sites excluding steroid dienone is 1. The molecule has 61 heavy (non-hydrogen) atoms. The number of para-hydroxylation sites is 1. The minimum Gasteiger partial charge on any atom is -0.387 e. The number of hydrogen-bond donors (Lipinski definition) is 4. The summed E-state index contributed by atoms with van der Waals surface area (Å²) in [6.45, 7) is 3.85. The number of benzene rings is 3. The SMILES string of the molecule is N=C/C(=C\NC1CCN(C(=O)CCCNc2cccc3c2C(=O)N(C2CCC(=O)NC2=O)C3=O)CC1)c1cnc2cccc(-c3cc(F)c(CN4CCOCC4)c(F)c3)c2n1. The predicted octanol–water partition coefficient (Wildman–Crippen LogP) is 4.27. The highest BCUT2D eigenvalue weighted by atomic mass is 19.1. The fourth-order valence-corrected chi connectivity index (χ4v) is 8.27. The number of nitrogens with one attached hydrogen (secondary N) is 4. The van der Waals surface area contributed by atoms with Gasteiger partial charge in [-0.1, -0.05) is 18.2 Å². The van der Waals surface area contributed by atoms with Gasteiger partial charge in [0.25, 0.3) is 11.8 Å². The van der Waals surface area contributed by atoms with Crippen molar-refractivity contribution < 1.29 is 37.5 Å². The molecule has 316 valence electrons. The number of morpholine rings is 1. The van der Waals surface area contributed by atoms with Gasteiger partial charge in [0, 0.05) is 93.0 Å². The molecule has 4 N–H and O–H groups in total. The molecule has 1 atom stereocenters. The first-order chi connectivity index (χ1) is 29.6. The number of anilines is 1. The smallest absolute Gasteiger partial charge is 0.264 e. The first-order valence-electron chi connectivity index (χ1n) is 20.5. The Kier molecular flexibility index (Phi) is 12.2. The standard InChI is InChI=1S/C44H45F2N9O6/c45-32-20-26(21-33(46)31(32)25-53-16-18-61-19-17-53)29-4-1-7-35-41(29)51-36(24-50-35)27(22-47)23-49-28-11-14-54(15-12-28)39(57)8-3-13-48-34-6-2-5-30-40(34)44(60)55(43(30)59)37-9-10-38(56)52-42(37)58/h1-2,4-7,20-24,28,37,47-49H,3,8-19,25H2,(H,52,56,58)/b27-23+,47-22?. The van der Waals surface area contributed by atoms with Crippen LogP contribution in [0.2, 0.25) is 0 Å². The number of imide groups is 2. The van der Waals surface area contributed by atoms with Gasteiger partial charge >= 0.3 is 0 Å². The second-order valence-electron chi connectivity index (χ2n) is 15.5. The van der Waals surface area contributed by atoms with Gasteiger partial charge in [-0.2, -0.15) is 0 Å². The third kappa shape index (κ3) is 8.74. The van der Waals surface area contributed by atoms with Crippen LogP contribution in [0.1, 0.15) is 70.5 Å². The lowest BCUT2D eigenvalue weighted by Gasteiger charge is -2.32. The van der Waals surface area contributed by atoms with Crippen LogP contribution in [-0.2, 0) is 25.7 Å². The van der Waals surface area contributed by atoms with Crippen LogP contribution in [0.15, 0.2) is 60.9 Å². The van der Waals surface area contributed by atoms with E-state index in [4.69, 9.17) is 15.1 Å². The van der Waals surface area contributed by atoms with Crippen LogP contribution in [-0.4, -0.2) is 118 Å². The molecule has 1 unspecified atom stereocenters. The molecule has 0 aliphatic carbocycles. The summed E-state index contributed by atoms with van der Waals surface area (Å²) in [6.07, 6.45) is 6.64. The molecule has 8 rings (SSSR count). The number of amides is 5. The molecule has 0 spiro atoms. The Morgan fingerprint density at radius 3 is 2.43 bits per heavy atom. The van der Waals surface area contributed by atoms with Gasteiger partial charge in [0.15, 0.2) is 0 Å². The number of rotatable bonds is 13. The largest absolute Gasteiger partial charge is 0.387 e. The van der Waals surface area contributed by atoms with Gasteiger partial charge in [-0.05, 0) is 61.6 Å². The molecule has 0 radical (unpaired) electrons. The van der Waals surface area contributed by atoms with E-state index in [1.165, 1.54) is 24.4 Å². The molecule has 3 saturated heterocycles. The Bertz CT molecular complexity index is 2420. The van der Waals surface area contributed by atoms with Gasteiger partial charge in [-0.15, -0.1) is 0 Å². The molecule has 3 fully saturated rings. The minimum atomic E-state index is -1.05. The summed E-state index contributed by atoms with van der Waals surface area (Å²) in [4.78, 5) is 77.8. The highest BCUT2D eigenvalue weighted by Gasteiger charge is 2.45. The van der Waals surface area contributed by atoms with Crippen molar-refractivity contribution in [1.82, 2.24) is 35.3 Å². The molecule has 4 aliphatic heterocycles. The summed E-state index contributed by atoms with van der Waals surface area (Å²) in [5.74, 6) is -3.56. The number of carbonyl (C=O) groups is 5. The molecule has 4 aliphatic rings. The Morgan fingerprint density at radius 2 is 1.69 bits per heavy atom. The molecule has 5 amide bonds. The normalized spacial score (nSPS) is 19.0. The average molecular weight is 834 g/mol. The van der Waals surface area contributed by atoms with E-state index < -0.39 is 41.3 Å². The van der Waals surface area contributed by atoms with E-state index >= 15 is 8.78 Å². The summed E-state index contributed by atoms with van der Waals surface area (Å²) in [5, 5.41) is 16.9. The third-order valence-corrected chi connectivity index (χ3v) is 11.6. The number of ether oxygens (including phenoxy) is 1. The van der Waals surface area contributed by atoms with Crippen molar-refractivity contribution in [3.63, 3.8) is 0 Å². The maximum Gasteiger partial charge on any atom is 0.264 e. The number of halogens is 2. The topological polar surface area (TPSA) is 190 Å². The molecule has 0 saturated carbocycles. The van der Waals surface area contributed by atoms with Crippen LogP contribution in [0.25, 0.3) is 27.7 Å². The lowest BCUT2D eigenvalue weighted by atomic mass is 10.0. The summed E-state index contributed by atoms with van der Waals surface area (Å²) >= 11 is 0.